The molecule has 0 saturated heterocycles. The summed E-state index contributed by atoms with van der Waals surface area (Å²) in [5, 5.41) is 0. The summed E-state index contributed by atoms with van der Waals surface area (Å²) in [7, 11) is 0. The van der Waals surface area contributed by atoms with Crippen LogP contribution in [0.25, 0.3) is 33.9 Å². The molecule has 0 spiro atoms. The lowest BCUT2D eigenvalue weighted by Crippen LogP contribution is -1.87. The number of benzene rings is 3. The molecule has 0 unspecified atom stereocenters. The van der Waals surface area contributed by atoms with Crippen LogP contribution < -0.4 is 0 Å². The summed E-state index contributed by atoms with van der Waals surface area (Å²) in [6.45, 7) is 4.24. The third-order valence-electron chi connectivity index (χ3n) is 4.46. The molecule has 3 aromatic carbocycles. The molecular weight excluding hydrogens is 304 g/mol. The second-order valence-electron chi connectivity index (χ2n) is 6.36. The van der Waals surface area contributed by atoms with E-state index in [1.165, 1.54) is 11.1 Å². The molecule has 0 radical (unpaired) electrons. The molecule has 1 aromatic heterocycles. The summed E-state index contributed by atoms with van der Waals surface area (Å²) in [6, 6.07) is 27.2. The van der Waals surface area contributed by atoms with Gasteiger partial charge in [0.1, 0.15) is 5.82 Å². The first-order valence-corrected chi connectivity index (χ1v) is 8.51. The third-order valence-corrected chi connectivity index (χ3v) is 4.46. The molecule has 2 heteroatoms. The van der Waals surface area contributed by atoms with Crippen LogP contribution in [0.2, 0.25) is 0 Å². The number of hydrogen-bond acceptors (Lipinski definition) is 1. The highest BCUT2D eigenvalue weighted by Crippen LogP contribution is 2.33. The van der Waals surface area contributed by atoms with Crippen LogP contribution in [0.15, 0.2) is 78.9 Å². The molecule has 0 aliphatic rings. The second-order valence-corrected chi connectivity index (χ2v) is 6.36. The Labute approximate surface area is 148 Å². The first kappa shape index (κ1) is 15.4. The lowest BCUT2D eigenvalue weighted by molar-refractivity contribution is 1.27. The van der Waals surface area contributed by atoms with E-state index in [0.717, 1.165) is 33.9 Å². The molecule has 0 bridgehead atoms. The van der Waals surface area contributed by atoms with Crippen LogP contribution in [-0.4, -0.2) is 9.97 Å². The van der Waals surface area contributed by atoms with E-state index in [2.05, 4.69) is 85.6 Å². The zero-order chi connectivity index (χ0) is 17.2. The van der Waals surface area contributed by atoms with Gasteiger partial charge in [-0.1, -0.05) is 78.4 Å². The van der Waals surface area contributed by atoms with Crippen molar-refractivity contribution in [2.45, 2.75) is 13.8 Å². The molecule has 122 valence electrons. The van der Waals surface area contributed by atoms with E-state index in [0.29, 0.717) is 0 Å². The Morgan fingerprint density at radius 2 is 1.36 bits per heavy atom. The highest BCUT2D eigenvalue weighted by molar-refractivity contribution is 5.81. The van der Waals surface area contributed by atoms with E-state index in [-0.39, 0.29) is 0 Å². The number of nitrogens with one attached hydrogen (secondary N) is 1. The lowest BCUT2D eigenvalue weighted by atomic mass is 10.1. The second kappa shape index (κ2) is 6.40. The topological polar surface area (TPSA) is 28.7 Å². The Kier molecular flexibility index (Phi) is 3.95. The summed E-state index contributed by atoms with van der Waals surface area (Å²) in [6.07, 6.45) is 0. The van der Waals surface area contributed by atoms with Gasteiger partial charge < -0.3 is 4.98 Å². The monoisotopic (exact) mass is 324 g/mol. The molecule has 0 aliphatic carbocycles. The summed E-state index contributed by atoms with van der Waals surface area (Å²) in [5.41, 5.74) is 7.92. The van der Waals surface area contributed by atoms with E-state index in [1.807, 2.05) is 12.1 Å². The van der Waals surface area contributed by atoms with Crippen LogP contribution >= 0.6 is 0 Å². The van der Waals surface area contributed by atoms with Crippen molar-refractivity contribution in [3.63, 3.8) is 0 Å². The molecule has 0 amide bonds. The van der Waals surface area contributed by atoms with Crippen molar-refractivity contribution in [2.75, 3.05) is 0 Å². The van der Waals surface area contributed by atoms with E-state index in [4.69, 9.17) is 4.98 Å². The van der Waals surface area contributed by atoms with Gasteiger partial charge in [-0.3, -0.25) is 0 Å². The maximum Gasteiger partial charge on any atom is 0.138 e. The quantitative estimate of drug-likeness (QED) is 0.490. The van der Waals surface area contributed by atoms with Crippen molar-refractivity contribution in [1.82, 2.24) is 9.97 Å². The average molecular weight is 324 g/mol. The SMILES string of the molecule is Cc1ccc(C)c(-c2nc(-c3ccccc3)c(-c3ccccc3)[nH]2)c1. The fourth-order valence-electron chi connectivity index (χ4n) is 3.11. The summed E-state index contributed by atoms with van der Waals surface area (Å²) < 4.78 is 0. The van der Waals surface area contributed by atoms with Crippen LogP contribution in [0.5, 0.6) is 0 Å². The smallest absolute Gasteiger partial charge is 0.138 e. The molecule has 25 heavy (non-hydrogen) atoms. The molecule has 1 N–H and O–H groups in total. The number of rotatable bonds is 3. The predicted octanol–water partition coefficient (Wildman–Crippen LogP) is 6.03. The van der Waals surface area contributed by atoms with E-state index in [1.54, 1.807) is 0 Å². The van der Waals surface area contributed by atoms with Gasteiger partial charge in [0.15, 0.2) is 0 Å². The van der Waals surface area contributed by atoms with E-state index < -0.39 is 0 Å². The van der Waals surface area contributed by atoms with Crippen molar-refractivity contribution in [2.24, 2.45) is 0 Å². The fraction of sp³-hybridized carbons (Fsp3) is 0.0870. The van der Waals surface area contributed by atoms with Crippen LogP contribution in [-0.2, 0) is 0 Å². The molecule has 2 nitrogen and oxygen atoms in total. The molecule has 0 fully saturated rings. The number of hydrogen-bond donors (Lipinski definition) is 1. The standard InChI is InChI=1S/C23H20N2/c1-16-13-14-17(2)20(15-16)23-24-21(18-9-5-3-6-10-18)22(25-23)19-11-7-4-8-12-19/h3-15H,1-2H3,(H,24,25). The van der Waals surface area contributed by atoms with Crippen molar-refractivity contribution in [3.8, 4) is 33.9 Å². The van der Waals surface area contributed by atoms with E-state index >= 15 is 0 Å². The highest BCUT2D eigenvalue weighted by atomic mass is 14.9. The number of H-pyrrole nitrogens is 1. The van der Waals surface area contributed by atoms with Gasteiger partial charge in [-0.2, -0.15) is 0 Å². The van der Waals surface area contributed by atoms with Gasteiger partial charge in [-0.25, -0.2) is 4.98 Å². The van der Waals surface area contributed by atoms with Crippen LogP contribution in [0.1, 0.15) is 11.1 Å². The van der Waals surface area contributed by atoms with Crippen LogP contribution in [0, 0.1) is 13.8 Å². The Hall–Kier alpha value is -3.13. The molecule has 1 heterocycles. The minimum absolute atomic E-state index is 0.916. The first-order valence-electron chi connectivity index (χ1n) is 8.51. The van der Waals surface area contributed by atoms with Crippen LogP contribution in [0.3, 0.4) is 0 Å². The normalized spacial score (nSPS) is 10.8. The number of aromatic amines is 1. The zero-order valence-electron chi connectivity index (χ0n) is 14.5. The number of aromatic nitrogens is 2. The first-order chi connectivity index (χ1) is 12.2. The van der Waals surface area contributed by atoms with Gasteiger partial charge in [-0.15, -0.1) is 0 Å². The Balaban J connectivity index is 1.94. The van der Waals surface area contributed by atoms with Crippen LogP contribution in [0.4, 0.5) is 0 Å². The minimum atomic E-state index is 0.916. The lowest BCUT2D eigenvalue weighted by Gasteiger charge is -2.04. The van der Waals surface area contributed by atoms with Gasteiger partial charge in [0.2, 0.25) is 0 Å². The third kappa shape index (κ3) is 2.99. The van der Waals surface area contributed by atoms with Crippen molar-refractivity contribution >= 4 is 0 Å². The van der Waals surface area contributed by atoms with Gasteiger partial charge in [-0.05, 0) is 25.5 Å². The molecule has 0 saturated carbocycles. The molecular formula is C23H20N2. The van der Waals surface area contributed by atoms with Gasteiger partial charge in [0.05, 0.1) is 11.4 Å². The maximum absolute atomic E-state index is 4.97. The molecule has 4 aromatic rings. The molecule has 4 rings (SSSR count). The van der Waals surface area contributed by atoms with Crippen molar-refractivity contribution < 1.29 is 0 Å². The fourth-order valence-corrected chi connectivity index (χ4v) is 3.11. The molecule has 0 atom stereocenters. The zero-order valence-corrected chi connectivity index (χ0v) is 14.5. The van der Waals surface area contributed by atoms with Crippen molar-refractivity contribution in [3.05, 3.63) is 90.0 Å². The summed E-state index contributed by atoms with van der Waals surface area (Å²) >= 11 is 0. The minimum Gasteiger partial charge on any atom is -0.337 e. The molecule has 0 aliphatic heterocycles. The van der Waals surface area contributed by atoms with Gasteiger partial charge in [0.25, 0.3) is 0 Å². The van der Waals surface area contributed by atoms with E-state index in [9.17, 15) is 0 Å². The van der Waals surface area contributed by atoms with Crippen molar-refractivity contribution in [1.29, 1.82) is 0 Å². The summed E-state index contributed by atoms with van der Waals surface area (Å²) in [5.74, 6) is 0.916. The number of nitrogens with zero attached hydrogens (tertiary/aromatic N) is 1. The number of imidazole rings is 1. The predicted molar refractivity (Wildman–Crippen MR) is 104 cm³/mol. The Morgan fingerprint density at radius 3 is 2.04 bits per heavy atom. The maximum atomic E-state index is 4.97. The van der Waals surface area contributed by atoms with Gasteiger partial charge >= 0.3 is 0 Å². The largest absolute Gasteiger partial charge is 0.337 e. The average Bonchev–Trinajstić information content (AvgIpc) is 3.10. The Morgan fingerprint density at radius 1 is 0.720 bits per heavy atom. The number of aryl methyl sites for hydroxylation is 2. The summed E-state index contributed by atoms with van der Waals surface area (Å²) in [4.78, 5) is 8.54. The highest BCUT2D eigenvalue weighted by Gasteiger charge is 2.16. The van der Waals surface area contributed by atoms with Gasteiger partial charge in [0, 0.05) is 16.7 Å². The Bertz CT molecular complexity index is 942.